The van der Waals surface area contributed by atoms with Gasteiger partial charge in [0.1, 0.15) is 11.4 Å². The molecule has 0 saturated carbocycles. The van der Waals surface area contributed by atoms with E-state index < -0.39 is 0 Å². The second-order valence-corrected chi connectivity index (χ2v) is 8.74. The Labute approximate surface area is 177 Å². The second kappa shape index (κ2) is 8.48. The lowest BCUT2D eigenvalue weighted by atomic mass is 9.81. The first-order chi connectivity index (χ1) is 14.4. The van der Waals surface area contributed by atoms with Crippen LogP contribution in [0.5, 0.6) is 5.75 Å². The number of piperidine rings is 1. The number of benzene rings is 1. The van der Waals surface area contributed by atoms with Crippen LogP contribution in [0.4, 0.5) is 0 Å². The number of amides is 1. The third-order valence-corrected chi connectivity index (χ3v) is 6.11. The van der Waals surface area contributed by atoms with E-state index in [4.69, 9.17) is 4.74 Å². The number of ether oxygens (including phenoxy) is 1. The Morgan fingerprint density at radius 3 is 2.67 bits per heavy atom. The van der Waals surface area contributed by atoms with Gasteiger partial charge in [0.15, 0.2) is 0 Å². The zero-order valence-corrected chi connectivity index (χ0v) is 18.0. The Morgan fingerprint density at radius 1 is 1.23 bits per heavy atom. The van der Waals surface area contributed by atoms with Gasteiger partial charge in [-0.05, 0) is 50.2 Å². The first-order valence-electron chi connectivity index (χ1n) is 10.5. The summed E-state index contributed by atoms with van der Waals surface area (Å²) in [4.78, 5) is 21.3. The monoisotopic (exact) mass is 406 g/mol. The van der Waals surface area contributed by atoms with Crippen LogP contribution in [-0.2, 0) is 11.3 Å². The van der Waals surface area contributed by atoms with E-state index in [9.17, 15) is 4.79 Å². The van der Waals surface area contributed by atoms with Gasteiger partial charge in [0.25, 0.3) is 0 Å². The predicted molar refractivity (Wildman–Crippen MR) is 119 cm³/mol. The van der Waals surface area contributed by atoms with Crippen molar-refractivity contribution >= 4 is 16.9 Å². The minimum absolute atomic E-state index is 0.0260. The molecule has 3 aromatic rings. The number of hydrogen-bond acceptors (Lipinski definition) is 4. The number of nitrogens with one attached hydrogen (secondary N) is 2. The number of H-pyrrole nitrogens is 1. The van der Waals surface area contributed by atoms with Crippen molar-refractivity contribution < 1.29 is 9.53 Å². The number of pyridine rings is 1. The number of hydrogen-bond donors (Lipinski definition) is 2. The molecule has 2 N–H and O–H groups in total. The van der Waals surface area contributed by atoms with Crippen molar-refractivity contribution in [2.45, 2.75) is 33.2 Å². The van der Waals surface area contributed by atoms with Crippen molar-refractivity contribution in [2.24, 2.45) is 5.41 Å². The molecule has 1 aliphatic rings. The smallest absolute Gasteiger partial charge is 0.217 e. The van der Waals surface area contributed by atoms with E-state index >= 15 is 0 Å². The van der Waals surface area contributed by atoms with Crippen LogP contribution in [0.3, 0.4) is 0 Å². The van der Waals surface area contributed by atoms with E-state index in [1.165, 1.54) is 6.92 Å². The van der Waals surface area contributed by atoms with Crippen LogP contribution in [0, 0.1) is 5.41 Å². The van der Waals surface area contributed by atoms with Crippen molar-refractivity contribution in [3.8, 4) is 16.9 Å². The van der Waals surface area contributed by atoms with Crippen molar-refractivity contribution in [3.05, 3.63) is 48.3 Å². The Bertz CT molecular complexity index is 1020. The fraction of sp³-hybridized carbons (Fsp3) is 0.417. The molecule has 6 nitrogen and oxygen atoms in total. The summed E-state index contributed by atoms with van der Waals surface area (Å²) in [5.74, 6) is 0.848. The van der Waals surface area contributed by atoms with Gasteiger partial charge in [0.2, 0.25) is 5.91 Å². The number of aromatic amines is 1. The molecule has 1 saturated heterocycles. The lowest BCUT2D eigenvalue weighted by molar-refractivity contribution is -0.119. The summed E-state index contributed by atoms with van der Waals surface area (Å²) in [6.45, 7) is 7.33. The van der Waals surface area contributed by atoms with Crippen molar-refractivity contribution in [3.63, 3.8) is 0 Å². The molecule has 0 unspecified atom stereocenters. The van der Waals surface area contributed by atoms with Gasteiger partial charge >= 0.3 is 0 Å². The average molecular weight is 407 g/mol. The van der Waals surface area contributed by atoms with Gasteiger partial charge in [0.05, 0.1) is 12.0 Å². The molecule has 0 aliphatic carbocycles. The Kier molecular flexibility index (Phi) is 5.77. The molecule has 0 spiro atoms. The normalized spacial score (nSPS) is 16.5. The maximum absolute atomic E-state index is 11.1. The third-order valence-electron chi connectivity index (χ3n) is 6.11. The minimum atomic E-state index is -0.0260. The van der Waals surface area contributed by atoms with Crippen molar-refractivity contribution in [1.82, 2.24) is 20.2 Å². The van der Waals surface area contributed by atoms with Crippen LogP contribution in [0.1, 0.15) is 32.3 Å². The summed E-state index contributed by atoms with van der Waals surface area (Å²) >= 11 is 0. The molecule has 0 atom stereocenters. The summed E-state index contributed by atoms with van der Waals surface area (Å²) in [6.07, 6.45) is 6.08. The maximum atomic E-state index is 11.1. The van der Waals surface area contributed by atoms with Crippen LogP contribution >= 0.6 is 0 Å². The van der Waals surface area contributed by atoms with Crippen LogP contribution in [0.2, 0.25) is 0 Å². The van der Waals surface area contributed by atoms with Gasteiger partial charge in [-0.25, -0.2) is 4.98 Å². The van der Waals surface area contributed by atoms with Gasteiger partial charge < -0.3 is 19.9 Å². The molecule has 4 rings (SSSR count). The number of nitrogens with zero attached hydrogens (tertiary/aromatic N) is 2. The molecular weight excluding hydrogens is 376 g/mol. The number of aromatic nitrogens is 2. The van der Waals surface area contributed by atoms with Crippen molar-refractivity contribution in [2.75, 3.05) is 26.7 Å². The van der Waals surface area contributed by atoms with Gasteiger partial charge in [-0.3, -0.25) is 4.79 Å². The van der Waals surface area contributed by atoms with E-state index in [1.54, 1.807) is 6.20 Å². The van der Waals surface area contributed by atoms with E-state index in [0.29, 0.717) is 13.2 Å². The summed E-state index contributed by atoms with van der Waals surface area (Å²) in [6, 6.07) is 10.2. The highest BCUT2D eigenvalue weighted by Crippen LogP contribution is 2.37. The molecule has 2 aromatic heterocycles. The van der Waals surface area contributed by atoms with E-state index in [2.05, 4.69) is 46.3 Å². The number of carbonyl (C=O) groups is 1. The highest BCUT2D eigenvalue weighted by atomic mass is 16.5. The lowest BCUT2D eigenvalue weighted by Gasteiger charge is -2.37. The molecule has 6 heteroatoms. The molecule has 1 amide bonds. The molecule has 0 bridgehead atoms. The first kappa shape index (κ1) is 20.4. The van der Waals surface area contributed by atoms with Crippen LogP contribution < -0.4 is 10.1 Å². The zero-order chi connectivity index (χ0) is 21.1. The fourth-order valence-electron chi connectivity index (χ4n) is 3.96. The van der Waals surface area contributed by atoms with E-state index in [0.717, 1.165) is 59.4 Å². The molecule has 1 aromatic carbocycles. The topological polar surface area (TPSA) is 70.2 Å². The van der Waals surface area contributed by atoms with Gasteiger partial charge in [-0.15, -0.1) is 0 Å². The predicted octanol–water partition coefficient (Wildman–Crippen LogP) is 3.98. The number of rotatable bonds is 6. The summed E-state index contributed by atoms with van der Waals surface area (Å²) in [5.41, 5.74) is 4.27. The Balaban J connectivity index is 1.56. The molecule has 3 heterocycles. The third kappa shape index (κ3) is 4.49. The quantitative estimate of drug-likeness (QED) is 0.650. The number of likely N-dealkylation sites (tertiary alicyclic amines) is 1. The SMILES string of the molecule is CC(=O)NCc1ccc(-c2c[nH]c3nccc(OCC4(C)CCN(C)CC4)c23)cc1. The maximum Gasteiger partial charge on any atom is 0.217 e. The molecular formula is C24H30N4O2. The van der Waals surface area contributed by atoms with Gasteiger partial charge in [0, 0.05) is 36.8 Å². The summed E-state index contributed by atoms with van der Waals surface area (Å²) in [5, 5.41) is 3.85. The lowest BCUT2D eigenvalue weighted by Crippen LogP contribution is -2.39. The highest BCUT2D eigenvalue weighted by Gasteiger charge is 2.30. The molecule has 1 aliphatic heterocycles. The molecule has 158 valence electrons. The zero-order valence-electron chi connectivity index (χ0n) is 18.0. The van der Waals surface area contributed by atoms with E-state index in [1.807, 2.05) is 24.4 Å². The standard InChI is InChI=1S/C24H30N4O2/c1-17(29)26-14-18-4-6-19(7-5-18)20-15-27-23-22(20)21(8-11-25-23)30-16-24(2)9-12-28(3)13-10-24/h4-8,11,15H,9-10,12-14,16H2,1-3H3,(H,25,27)(H,26,29). The van der Waals surface area contributed by atoms with E-state index in [-0.39, 0.29) is 11.3 Å². The number of fused-ring (bicyclic) bond motifs is 1. The average Bonchev–Trinajstić information content (AvgIpc) is 3.18. The largest absolute Gasteiger partial charge is 0.492 e. The Hall–Kier alpha value is -2.86. The summed E-state index contributed by atoms with van der Waals surface area (Å²) < 4.78 is 6.38. The number of carbonyl (C=O) groups excluding carboxylic acids is 1. The Morgan fingerprint density at radius 2 is 1.97 bits per heavy atom. The van der Waals surface area contributed by atoms with Crippen molar-refractivity contribution in [1.29, 1.82) is 0 Å². The minimum Gasteiger partial charge on any atom is -0.492 e. The van der Waals surface area contributed by atoms with Gasteiger partial charge in [-0.2, -0.15) is 0 Å². The fourth-order valence-corrected chi connectivity index (χ4v) is 3.96. The van der Waals surface area contributed by atoms with Crippen LogP contribution in [0.15, 0.2) is 42.7 Å². The van der Waals surface area contributed by atoms with Crippen LogP contribution in [-0.4, -0.2) is 47.5 Å². The van der Waals surface area contributed by atoms with Crippen LogP contribution in [0.25, 0.3) is 22.2 Å². The van der Waals surface area contributed by atoms with Gasteiger partial charge in [-0.1, -0.05) is 31.2 Å². The second-order valence-electron chi connectivity index (χ2n) is 8.74. The highest BCUT2D eigenvalue weighted by molar-refractivity contribution is 5.98. The molecule has 0 radical (unpaired) electrons. The first-order valence-corrected chi connectivity index (χ1v) is 10.5. The molecule has 30 heavy (non-hydrogen) atoms. The molecule has 1 fully saturated rings. The summed E-state index contributed by atoms with van der Waals surface area (Å²) in [7, 11) is 2.18.